The highest BCUT2D eigenvalue weighted by molar-refractivity contribution is 5.45. The number of rotatable bonds is 7. The number of nitrogens with zero attached hydrogens (tertiary/aromatic N) is 1. The molecule has 3 rings (SSSR count). The number of nitrogens with one attached hydrogen (secondary N) is 1. The number of benzene rings is 1. The van der Waals surface area contributed by atoms with E-state index in [2.05, 4.69) is 10.2 Å². The van der Waals surface area contributed by atoms with Gasteiger partial charge in [-0.05, 0) is 44.2 Å². The summed E-state index contributed by atoms with van der Waals surface area (Å²) >= 11 is 0. The standard InChI is InChI=1S/C17H26N2O2/c1-21-16-6-2-4-14(17(16)20)11-19(10-13-7-8-13)12-15-5-3-9-18-15/h2,4,6,13,15,18,20H,3,5,7-12H2,1H3. The molecule has 1 unspecified atom stereocenters. The van der Waals surface area contributed by atoms with E-state index < -0.39 is 0 Å². The maximum Gasteiger partial charge on any atom is 0.162 e. The Balaban J connectivity index is 1.67. The Hall–Kier alpha value is -1.26. The molecular weight excluding hydrogens is 264 g/mol. The van der Waals surface area contributed by atoms with Crippen molar-refractivity contribution in [3.63, 3.8) is 0 Å². The highest BCUT2D eigenvalue weighted by atomic mass is 16.5. The lowest BCUT2D eigenvalue weighted by molar-refractivity contribution is 0.228. The van der Waals surface area contributed by atoms with E-state index in [-0.39, 0.29) is 0 Å². The molecule has 1 heterocycles. The average Bonchev–Trinajstić information content (AvgIpc) is 3.14. The van der Waals surface area contributed by atoms with Crippen molar-refractivity contribution in [3.05, 3.63) is 23.8 Å². The molecule has 0 amide bonds. The van der Waals surface area contributed by atoms with Crippen molar-refractivity contribution < 1.29 is 9.84 Å². The number of hydrogen-bond donors (Lipinski definition) is 2. The minimum atomic E-state index is 0.292. The van der Waals surface area contributed by atoms with Crippen LogP contribution in [0.2, 0.25) is 0 Å². The van der Waals surface area contributed by atoms with Crippen molar-refractivity contribution in [2.45, 2.75) is 38.3 Å². The van der Waals surface area contributed by atoms with Gasteiger partial charge in [-0.1, -0.05) is 12.1 Å². The lowest BCUT2D eigenvalue weighted by Crippen LogP contribution is -2.38. The van der Waals surface area contributed by atoms with E-state index in [1.165, 1.54) is 25.7 Å². The van der Waals surface area contributed by atoms with Crippen LogP contribution in [0.3, 0.4) is 0 Å². The van der Waals surface area contributed by atoms with E-state index in [0.29, 0.717) is 17.5 Å². The van der Waals surface area contributed by atoms with Gasteiger partial charge in [-0.2, -0.15) is 0 Å². The first-order valence-corrected chi connectivity index (χ1v) is 8.07. The summed E-state index contributed by atoms with van der Waals surface area (Å²) in [5.74, 6) is 1.72. The third kappa shape index (κ3) is 3.89. The number of para-hydroxylation sites is 1. The number of aromatic hydroxyl groups is 1. The lowest BCUT2D eigenvalue weighted by Gasteiger charge is -2.26. The maximum atomic E-state index is 10.3. The van der Waals surface area contributed by atoms with Crippen LogP contribution in [0.1, 0.15) is 31.2 Å². The summed E-state index contributed by atoms with van der Waals surface area (Å²) in [6, 6.07) is 6.37. The second kappa shape index (κ2) is 6.67. The van der Waals surface area contributed by atoms with Gasteiger partial charge in [-0.15, -0.1) is 0 Å². The summed E-state index contributed by atoms with van der Waals surface area (Å²) in [7, 11) is 1.60. The van der Waals surface area contributed by atoms with Crippen LogP contribution in [0.4, 0.5) is 0 Å². The van der Waals surface area contributed by atoms with E-state index >= 15 is 0 Å². The molecule has 1 aliphatic heterocycles. The van der Waals surface area contributed by atoms with Gasteiger partial charge in [0.1, 0.15) is 0 Å². The number of phenols is 1. The van der Waals surface area contributed by atoms with Crippen molar-refractivity contribution in [1.82, 2.24) is 10.2 Å². The van der Waals surface area contributed by atoms with Gasteiger partial charge in [-0.3, -0.25) is 4.90 Å². The Morgan fingerprint density at radius 1 is 1.29 bits per heavy atom. The summed E-state index contributed by atoms with van der Waals surface area (Å²) in [5.41, 5.74) is 0.966. The molecule has 1 atom stereocenters. The molecule has 4 heteroatoms. The fourth-order valence-electron chi connectivity index (χ4n) is 3.19. The van der Waals surface area contributed by atoms with Crippen LogP contribution in [0.15, 0.2) is 18.2 Å². The monoisotopic (exact) mass is 290 g/mol. The molecule has 116 valence electrons. The maximum absolute atomic E-state index is 10.3. The molecule has 0 bridgehead atoms. The van der Waals surface area contributed by atoms with E-state index in [1.807, 2.05) is 18.2 Å². The van der Waals surface area contributed by atoms with Crippen LogP contribution in [0.25, 0.3) is 0 Å². The van der Waals surface area contributed by atoms with Crippen molar-refractivity contribution in [2.75, 3.05) is 26.7 Å². The number of ether oxygens (including phenoxy) is 1. The third-order valence-electron chi connectivity index (χ3n) is 4.55. The molecule has 0 spiro atoms. The molecule has 0 aromatic heterocycles. The van der Waals surface area contributed by atoms with Gasteiger partial charge >= 0.3 is 0 Å². The molecule has 1 saturated carbocycles. The first-order chi connectivity index (χ1) is 10.3. The Morgan fingerprint density at radius 3 is 2.81 bits per heavy atom. The molecular formula is C17H26N2O2. The van der Waals surface area contributed by atoms with Gasteiger partial charge in [0.25, 0.3) is 0 Å². The summed E-state index contributed by atoms with van der Waals surface area (Å²) < 4.78 is 5.21. The Labute approximate surface area is 127 Å². The second-order valence-corrected chi connectivity index (χ2v) is 6.40. The van der Waals surface area contributed by atoms with Crippen LogP contribution >= 0.6 is 0 Å². The highest BCUT2D eigenvalue weighted by Crippen LogP contribution is 2.33. The van der Waals surface area contributed by atoms with Crippen LogP contribution in [0.5, 0.6) is 11.5 Å². The Bertz CT molecular complexity index is 468. The number of hydrogen-bond acceptors (Lipinski definition) is 4. The van der Waals surface area contributed by atoms with Crippen molar-refractivity contribution >= 4 is 0 Å². The summed E-state index contributed by atoms with van der Waals surface area (Å²) in [6.07, 6.45) is 5.27. The van der Waals surface area contributed by atoms with Crippen LogP contribution in [-0.4, -0.2) is 42.8 Å². The normalized spacial score (nSPS) is 21.9. The third-order valence-corrected chi connectivity index (χ3v) is 4.55. The van der Waals surface area contributed by atoms with E-state index in [4.69, 9.17) is 4.74 Å². The topological polar surface area (TPSA) is 44.7 Å². The molecule has 2 aliphatic rings. The quantitative estimate of drug-likeness (QED) is 0.809. The zero-order chi connectivity index (χ0) is 14.7. The summed E-state index contributed by atoms with van der Waals surface area (Å²) in [6.45, 7) is 4.17. The van der Waals surface area contributed by atoms with Crippen molar-refractivity contribution in [1.29, 1.82) is 0 Å². The van der Waals surface area contributed by atoms with Gasteiger partial charge in [0, 0.05) is 31.2 Å². The molecule has 21 heavy (non-hydrogen) atoms. The minimum Gasteiger partial charge on any atom is -0.504 e. The molecule has 4 nitrogen and oxygen atoms in total. The zero-order valence-corrected chi connectivity index (χ0v) is 12.8. The fraction of sp³-hybridized carbons (Fsp3) is 0.647. The van der Waals surface area contributed by atoms with Crippen LogP contribution in [-0.2, 0) is 6.54 Å². The minimum absolute atomic E-state index is 0.292. The molecule has 2 N–H and O–H groups in total. The zero-order valence-electron chi connectivity index (χ0n) is 12.8. The van der Waals surface area contributed by atoms with Gasteiger partial charge < -0.3 is 15.2 Å². The second-order valence-electron chi connectivity index (χ2n) is 6.40. The van der Waals surface area contributed by atoms with Gasteiger partial charge in [0.05, 0.1) is 7.11 Å². The average molecular weight is 290 g/mol. The molecule has 2 fully saturated rings. The lowest BCUT2D eigenvalue weighted by atomic mass is 10.1. The van der Waals surface area contributed by atoms with E-state index in [9.17, 15) is 5.11 Å². The smallest absolute Gasteiger partial charge is 0.162 e. The summed E-state index contributed by atoms with van der Waals surface area (Å²) in [5, 5.41) is 13.9. The van der Waals surface area contributed by atoms with Crippen LogP contribution in [0, 0.1) is 5.92 Å². The Morgan fingerprint density at radius 2 is 2.14 bits per heavy atom. The molecule has 1 aromatic carbocycles. The molecule has 1 aliphatic carbocycles. The van der Waals surface area contributed by atoms with Gasteiger partial charge in [0.15, 0.2) is 11.5 Å². The SMILES string of the molecule is COc1cccc(CN(CC2CC2)CC2CCCN2)c1O. The number of phenolic OH excluding ortho intramolecular Hbond substituents is 1. The first-order valence-electron chi connectivity index (χ1n) is 8.07. The molecule has 0 radical (unpaired) electrons. The number of methoxy groups -OCH3 is 1. The van der Waals surface area contributed by atoms with Gasteiger partial charge in [0.2, 0.25) is 0 Å². The van der Waals surface area contributed by atoms with Crippen molar-refractivity contribution in [3.8, 4) is 11.5 Å². The first kappa shape index (κ1) is 14.7. The highest BCUT2D eigenvalue weighted by Gasteiger charge is 2.27. The predicted octanol–water partition coefficient (Wildman–Crippen LogP) is 2.36. The predicted molar refractivity (Wildman–Crippen MR) is 83.7 cm³/mol. The van der Waals surface area contributed by atoms with E-state index in [0.717, 1.165) is 37.7 Å². The van der Waals surface area contributed by atoms with Crippen molar-refractivity contribution in [2.24, 2.45) is 5.92 Å². The molecule has 1 saturated heterocycles. The Kier molecular flexibility index (Phi) is 4.66. The molecule has 1 aromatic rings. The fourth-order valence-corrected chi connectivity index (χ4v) is 3.19. The summed E-state index contributed by atoms with van der Waals surface area (Å²) in [4.78, 5) is 2.50. The van der Waals surface area contributed by atoms with E-state index in [1.54, 1.807) is 7.11 Å². The van der Waals surface area contributed by atoms with Crippen LogP contribution < -0.4 is 10.1 Å². The van der Waals surface area contributed by atoms with Gasteiger partial charge in [-0.25, -0.2) is 0 Å². The largest absolute Gasteiger partial charge is 0.504 e.